The van der Waals surface area contributed by atoms with Gasteiger partial charge in [-0.2, -0.15) is 0 Å². The average molecular weight is 243 g/mol. The summed E-state index contributed by atoms with van der Waals surface area (Å²) in [6.07, 6.45) is 0.950. The predicted molar refractivity (Wildman–Crippen MR) is 68.7 cm³/mol. The van der Waals surface area contributed by atoms with Crippen molar-refractivity contribution in [2.24, 2.45) is 5.73 Å². The molecule has 2 N–H and O–H groups in total. The fourth-order valence-corrected chi connectivity index (χ4v) is 2.46. The molecule has 2 aromatic rings. The quantitative estimate of drug-likeness (QED) is 0.891. The zero-order valence-corrected chi connectivity index (χ0v) is 10.3. The molecule has 0 amide bonds. The van der Waals surface area contributed by atoms with Crippen molar-refractivity contribution in [2.75, 3.05) is 6.54 Å². The number of hydrogen-bond donors (Lipinski definition) is 1. The first-order chi connectivity index (χ1) is 8.86. The van der Waals surface area contributed by atoms with Crippen LogP contribution in [-0.4, -0.2) is 16.6 Å². The lowest BCUT2D eigenvalue weighted by Gasteiger charge is -2.26. The van der Waals surface area contributed by atoms with E-state index in [-0.39, 0.29) is 0 Å². The van der Waals surface area contributed by atoms with Crippen molar-refractivity contribution in [3.05, 3.63) is 52.9 Å². The summed E-state index contributed by atoms with van der Waals surface area (Å²) in [5, 5.41) is 4.09. The Bertz CT molecular complexity index is 508. The molecule has 4 heteroatoms. The highest BCUT2D eigenvalue weighted by Crippen LogP contribution is 2.23. The first-order valence-corrected chi connectivity index (χ1v) is 6.29. The minimum absolute atomic E-state index is 0.432. The Morgan fingerprint density at radius 1 is 1.28 bits per heavy atom. The number of nitrogens with zero attached hydrogens (tertiary/aromatic N) is 2. The van der Waals surface area contributed by atoms with Crippen molar-refractivity contribution in [3.63, 3.8) is 0 Å². The summed E-state index contributed by atoms with van der Waals surface area (Å²) in [4.78, 5) is 2.41. The van der Waals surface area contributed by atoms with Gasteiger partial charge < -0.3 is 10.3 Å². The first kappa shape index (κ1) is 11.4. The van der Waals surface area contributed by atoms with Gasteiger partial charge in [0.1, 0.15) is 0 Å². The van der Waals surface area contributed by atoms with Crippen LogP contribution in [0.2, 0.25) is 0 Å². The molecule has 2 heterocycles. The zero-order chi connectivity index (χ0) is 12.4. The third-order valence-corrected chi connectivity index (χ3v) is 3.43. The number of nitrogens with two attached hydrogens (primary N) is 1. The largest absolute Gasteiger partial charge is 0.359 e. The van der Waals surface area contributed by atoms with Crippen LogP contribution in [0.3, 0.4) is 0 Å². The Hall–Kier alpha value is -1.65. The molecule has 0 unspecified atom stereocenters. The molecule has 0 radical (unpaired) electrons. The van der Waals surface area contributed by atoms with E-state index in [0.29, 0.717) is 6.54 Å². The number of fused-ring (bicyclic) bond motifs is 1. The molecule has 1 aromatic heterocycles. The maximum Gasteiger partial charge on any atom is 0.155 e. The van der Waals surface area contributed by atoms with Gasteiger partial charge in [-0.15, -0.1) is 0 Å². The van der Waals surface area contributed by atoms with Crippen molar-refractivity contribution in [1.29, 1.82) is 0 Å². The van der Waals surface area contributed by atoms with E-state index in [9.17, 15) is 0 Å². The number of rotatable bonds is 3. The van der Waals surface area contributed by atoms with E-state index in [1.54, 1.807) is 0 Å². The minimum Gasteiger partial charge on any atom is -0.359 e. The van der Waals surface area contributed by atoms with Crippen LogP contribution in [0.1, 0.15) is 22.6 Å². The summed E-state index contributed by atoms with van der Waals surface area (Å²) in [7, 11) is 0. The Morgan fingerprint density at radius 3 is 2.89 bits per heavy atom. The van der Waals surface area contributed by atoms with E-state index in [1.165, 1.54) is 11.1 Å². The van der Waals surface area contributed by atoms with Crippen LogP contribution in [0.15, 0.2) is 34.9 Å². The molecule has 18 heavy (non-hydrogen) atoms. The lowest BCUT2D eigenvalue weighted by Crippen LogP contribution is -2.30. The van der Waals surface area contributed by atoms with Crippen LogP contribution in [0.5, 0.6) is 0 Å². The fraction of sp³-hybridized carbons (Fsp3) is 0.357. The van der Waals surface area contributed by atoms with E-state index >= 15 is 0 Å². The second kappa shape index (κ2) is 4.92. The molecule has 1 aliphatic heterocycles. The summed E-state index contributed by atoms with van der Waals surface area (Å²) >= 11 is 0. The van der Waals surface area contributed by atoms with Gasteiger partial charge in [0.15, 0.2) is 5.76 Å². The van der Waals surface area contributed by atoms with Crippen LogP contribution >= 0.6 is 0 Å². The number of benzene rings is 1. The first-order valence-electron chi connectivity index (χ1n) is 6.29. The Morgan fingerprint density at radius 2 is 2.11 bits per heavy atom. The third-order valence-electron chi connectivity index (χ3n) is 3.43. The van der Waals surface area contributed by atoms with Crippen molar-refractivity contribution < 1.29 is 4.52 Å². The maximum atomic E-state index is 5.66. The molecule has 4 nitrogen and oxygen atoms in total. The molecule has 94 valence electrons. The van der Waals surface area contributed by atoms with Crippen LogP contribution in [0, 0.1) is 0 Å². The van der Waals surface area contributed by atoms with Crippen molar-refractivity contribution in [2.45, 2.75) is 26.1 Å². The molecule has 0 atom stereocenters. The van der Waals surface area contributed by atoms with Gasteiger partial charge in [0.25, 0.3) is 0 Å². The van der Waals surface area contributed by atoms with Gasteiger partial charge in [0, 0.05) is 31.6 Å². The summed E-state index contributed by atoms with van der Waals surface area (Å²) in [6.45, 7) is 3.32. The van der Waals surface area contributed by atoms with E-state index < -0.39 is 0 Å². The predicted octanol–water partition coefficient (Wildman–Crippen LogP) is 1.69. The molecule has 0 fully saturated rings. The van der Waals surface area contributed by atoms with E-state index in [2.05, 4.69) is 34.3 Å². The van der Waals surface area contributed by atoms with Gasteiger partial charge in [0.05, 0.1) is 12.2 Å². The second-order valence-electron chi connectivity index (χ2n) is 4.68. The zero-order valence-electron chi connectivity index (χ0n) is 10.3. The number of aromatic nitrogens is 1. The highest BCUT2D eigenvalue weighted by Gasteiger charge is 2.23. The molecule has 0 saturated carbocycles. The normalized spacial score (nSPS) is 15.6. The molecular weight excluding hydrogens is 226 g/mol. The van der Waals surface area contributed by atoms with Crippen LogP contribution in [-0.2, 0) is 26.1 Å². The van der Waals surface area contributed by atoms with Gasteiger partial charge in [-0.3, -0.25) is 4.90 Å². The SMILES string of the molecule is NCc1onc2c1CN(Cc1ccccc1)CC2. The molecule has 0 saturated heterocycles. The minimum atomic E-state index is 0.432. The third kappa shape index (κ3) is 2.17. The van der Waals surface area contributed by atoms with Gasteiger partial charge in [-0.25, -0.2) is 0 Å². The molecule has 1 aliphatic rings. The van der Waals surface area contributed by atoms with Crippen molar-refractivity contribution in [1.82, 2.24) is 10.1 Å². The van der Waals surface area contributed by atoms with E-state index in [0.717, 1.165) is 37.5 Å². The van der Waals surface area contributed by atoms with Gasteiger partial charge in [-0.1, -0.05) is 35.5 Å². The van der Waals surface area contributed by atoms with Gasteiger partial charge in [0.2, 0.25) is 0 Å². The van der Waals surface area contributed by atoms with E-state index in [1.807, 2.05) is 6.07 Å². The van der Waals surface area contributed by atoms with E-state index in [4.69, 9.17) is 10.3 Å². The smallest absolute Gasteiger partial charge is 0.155 e. The molecular formula is C14H17N3O. The topological polar surface area (TPSA) is 55.3 Å². The Labute approximate surface area is 106 Å². The summed E-state index contributed by atoms with van der Waals surface area (Å²) < 4.78 is 5.26. The summed E-state index contributed by atoms with van der Waals surface area (Å²) in [5.41, 5.74) is 9.28. The van der Waals surface area contributed by atoms with Crippen LogP contribution < -0.4 is 5.73 Å². The van der Waals surface area contributed by atoms with Crippen LogP contribution in [0.4, 0.5) is 0 Å². The Kier molecular flexibility index (Phi) is 3.13. The van der Waals surface area contributed by atoms with Crippen LogP contribution in [0.25, 0.3) is 0 Å². The Balaban J connectivity index is 1.74. The molecule has 3 rings (SSSR count). The lowest BCUT2D eigenvalue weighted by molar-refractivity contribution is 0.244. The summed E-state index contributed by atoms with van der Waals surface area (Å²) in [5.74, 6) is 0.836. The average Bonchev–Trinajstić information content (AvgIpc) is 2.82. The molecule has 0 spiro atoms. The molecule has 0 aliphatic carbocycles. The maximum absolute atomic E-state index is 5.66. The fourth-order valence-electron chi connectivity index (χ4n) is 2.46. The van der Waals surface area contributed by atoms with Gasteiger partial charge in [-0.05, 0) is 5.56 Å². The molecule has 0 bridgehead atoms. The lowest BCUT2D eigenvalue weighted by atomic mass is 10.0. The second-order valence-corrected chi connectivity index (χ2v) is 4.68. The highest BCUT2D eigenvalue weighted by molar-refractivity contribution is 5.26. The summed E-state index contributed by atoms with van der Waals surface area (Å²) in [6, 6.07) is 10.5. The number of hydrogen-bond acceptors (Lipinski definition) is 4. The van der Waals surface area contributed by atoms with Crippen molar-refractivity contribution >= 4 is 0 Å². The standard InChI is InChI=1S/C14H17N3O/c15-8-14-12-10-17(7-6-13(12)16-18-14)9-11-4-2-1-3-5-11/h1-5H,6-10,15H2. The highest BCUT2D eigenvalue weighted by atomic mass is 16.5. The van der Waals surface area contributed by atoms with Gasteiger partial charge >= 0.3 is 0 Å². The molecule has 1 aromatic carbocycles. The monoisotopic (exact) mass is 243 g/mol. The van der Waals surface area contributed by atoms with Crippen molar-refractivity contribution in [3.8, 4) is 0 Å².